The molecule has 0 bridgehead atoms. The minimum absolute atomic E-state index is 0.114. The van der Waals surface area contributed by atoms with Gasteiger partial charge in [-0.3, -0.25) is 10.1 Å². The summed E-state index contributed by atoms with van der Waals surface area (Å²) >= 11 is 3.87. The first-order chi connectivity index (χ1) is 12.6. The van der Waals surface area contributed by atoms with E-state index >= 15 is 0 Å². The van der Waals surface area contributed by atoms with Gasteiger partial charge in [0.05, 0.1) is 29.4 Å². The molecule has 0 aliphatic heterocycles. The van der Waals surface area contributed by atoms with Gasteiger partial charge in [-0.05, 0) is 42.0 Å². The number of nitrogens with zero attached hydrogens (tertiary/aromatic N) is 2. The molecule has 0 atom stereocenters. The SMILES string of the molecule is Nc1ccc(F)c(-c2[nH]ncc2-c2ccncc2)c1F.Sc1ccco1. The smallest absolute Gasteiger partial charge is 0.158 e. The summed E-state index contributed by atoms with van der Waals surface area (Å²) in [4.78, 5) is 3.91. The summed E-state index contributed by atoms with van der Waals surface area (Å²) in [6, 6.07) is 9.36. The second-order valence-corrected chi connectivity index (χ2v) is 5.61. The third-order valence-electron chi connectivity index (χ3n) is 3.51. The second kappa shape index (κ2) is 7.83. The number of aromatic amines is 1. The number of aromatic nitrogens is 3. The molecule has 8 heteroatoms. The van der Waals surface area contributed by atoms with Gasteiger partial charge in [-0.2, -0.15) is 5.10 Å². The molecular weight excluding hydrogens is 358 g/mol. The van der Waals surface area contributed by atoms with Crippen LogP contribution in [0, 0.1) is 11.6 Å². The summed E-state index contributed by atoms with van der Waals surface area (Å²) < 4.78 is 32.7. The zero-order valence-electron chi connectivity index (χ0n) is 13.4. The summed E-state index contributed by atoms with van der Waals surface area (Å²) in [7, 11) is 0. The molecule has 4 rings (SSSR count). The molecule has 0 unspecified atom stereocenters. The zero-order chi connectivity index (χ0) is 18.5. The Morgan fingerprint density at radius 3 is 2.46 bits per heavy atom. The molecule has 132 valence electrons. The van der Waals surface area contributed by atoms with Crippen LogP contribution in [0.1, 0.15) is 0 Å². The van der Waals surface area contributed by atoms with Crippen LogP contribution in [0.2, 0.25) is 0 Å². The molecule has 4 aromatic rings. The molecule has 1 aromatic carbocycles. The van der Waals surface area contributed by atoms with Crippen molar-refractivity contribution in [3.05, 3.63) is 72.9 Å². The Balaban J connectivity index is 0.000000278. The molecular formula is C18H14F2N4OS. The van der Waals surface area contributed by atoms with Crippen molar-refractivity contribution >= 4 is 18.3 Å². The molecule has 0 saturated heterocycles. The molecule has 3 heterocycles. The predicted molar refractivity (Wildman–Crippen MR) is 97.5 cm³/mol. The normalized spacial score (nSPS) is 10.3. The molecule has 0 saturated carbocycles. The van der Waals surface area contributed by atoms with Crippen LogP contribution in [0.25, 0.3) is 22.4 Å². The Morgan fingerprint density at radius 1 is 1.08 bits per heavy atom. The standard InChI is InChI=1S/C14H10F2N4.C4H4OS/c15-10-1-2-11(17)13(16)12(10)14-9(7-19-20-14)8-3-5-18-6-4-8;6-4-2-1-3-5-4/h1-7H,17H2,(H,19,20);1-3,6H. The van der Waals surface area contributed by atoms with Crippen molar-refractivity contribution in [2.24, 2.45) is 0 Å². The molecule has 0 radical (unpaired) electrons. The molecule has 3 N–H and O–H groups in total. The van der Waals surface area contributed by atoms with E-state index in [1.807, 2.05) is 0 Å². The summed E-state index contributed by atoms with van der Waals surface area (Å²) in [5.74, 6) is -1.50. The van der Waals surface area contributed by atoms with Crippen LogP contribution in [0.15, 0.2) is 70.8 Å². The number of H-pyrrole nitrogens is 1. The summed E-state index contributed by atoms with van der Waals surface area (Å²) in [5.41, 5.74) is 6.75. The first kappa shape index (κ1) is 17.7. The molecule has 26 heavy (non-hydrogen) atoms. The number of benzene rings is 1. The Hall–Kier alpha value is -3.13. The highest BCUT2D eigenvalue weighted by atomic mass is 32.1. The zero-order valence-corrected chi connectivity index (χ0v) is 14.3. The summed E-state index contributed by atoms with van der Waals surface area (Å²) in [6.45, 7) is 0. The lowest BCUT2D eigenvalue weighted by Crippen LogP contribution is -1.98. The van der Waals surface area contributed by atoms with E-state index < -0.39 is 11.6 Å². The number of thiol groups is 1. The molecule has 0 fully saturated rings. The van der Waals surface area contributed by atoms with Gasteiger partial charge in [0, 0.05) is 18.0 Å². The van der Waals surface area contributed by atoms with Gasteiger partial charge < -0.3 is 10.2 Å². The Kier molecular flexibility index (Phi) is 5.33. The van der Waals surface area contributed by atoms with Crippen LogP contribution < -0.4 is 5.73 Å². The van der Waals surface area contributed by atoms with Crippen molar-refractivity contribution in [1.29, 1.82) is 0 Å². The van der Waals surface area contributed by atoms with Gasteiger partial charge in [-0.25, -0.2) is 8.78 Å². The highest BCUT2D eigenvalue weighted by Crippen LogP contribution is 2.34. The van der Waals surface area contributed by atoms with E-state index in [9.17, 15) is 8.78 Å². The molecule has 0 aliphatic carbocycles. The van der Waals surface area contributed by atoms with Gasteiger partial charge in [0.1, 0.15) is 5.82 Å². The van der Waals surface area contributed by atoms with Gasteiger partial charge in [0.25, 0.3) is 0 Å². The second-order valence-electron chi connectivity index (χ2n) is 5.17. The van der Waals surface area contributed by atoms with Crippen molar-refractivity contribution in [2.75, 3.05) is 5.73 Å². The largest absolute Gasteiger partial charge is 0.458 e. The van der Waals surface area contributed by atoms with Crippen LogP contribution in [-0.4, -0.2) is 15.2 Å². The Labute approximate surface area is 153 Å². The monoisotopic (exact) mass is 372 g/mol. The van der Waals surface area contributed by atoms with Gasteiger partial charge in [0.2, 0.25) is 0 Å². The minimum Gasteiger partial charge on any atom is -0.458 e. The van der Waals surface area contributed by atoms with Gasteiger partial charge in [-0.1, -0.05) is 0 Å². The quantitative estimate of drug-likeness (QED) is 0.356. The number of furan rings is 1. The highest BCUT2D eigenvalue weighted by Gasteiger charge is 2.19. The number of halogens is 2. The van der Waals surface area contributed by atoms with Gasteiger partial charge in [0.15, 0.2) is 10.9 Å². The summed E-state index contributed by atoms with van der Waals surface area (Å²) in [6.07, 6.45) is 6.28. The number of hydrogen-bond acceptors (Lipinski definition) is 5. The van der Waals surface area contributed by atoms with Crippen LogP contribution in [0.5, 0.6) is 0 Å². The average molecular weight is 372 g/mol. The molecule has 0 spiro atoms. The topological polar surface area (TPSA) is 80.7 Å². The van der Waals surface area contributed by atoms with Crippen molar-refractivity contribution < 1.29 is 13.2 Å². The Bertz CT molecular complexity index is 988. The number of rotatable bonds is 2. The summed E-state index contributed by atoms with van der Waals surface area (Å²) in [5, 5.41) is 7.15. The first-order valence-electron chi connectivity index (χ1n) is 7.48. The maximum atomic E-state index is 14.1. The van der Waals surface area contributed by atoms with Crippen LogP contribution >= 0.6 is 12.6 Å². The fourth-order valence-corrected chi connectivity index (χ4v) is 2.44. The van der Waals surface area contributed by atoms with E-state index in [-0.39, 0.29) is 16.9 Å². The number of nitrogens with two attached hydrogens (primary N) is 1. The van der Waals surface area contributed by atoms with Crippen molar-refractivity contribution in [3.8, 4) is 22.4 Å². The van der Waals surface area contributed by atoms with E-state index in [4.69, 9.17) is 10.2 Å². The van der Waals surface area contributed by atoms with Gasteiger partial charge in [-0.15, -0.1) is 12.6 Å². The van der Waals surface area contributed by atoms with Crippen molar-refractivity contribution in [2.45, 2.75) is 5.09 Å². The highest BCUT2D eigenvalue weighted by molar-refractivity contribution is 7.80. The van der Waals surface area contributed by atoms with Crippen LogP contribution in [0.3, 0.4) is 0 Å². The van der Waals surface area contributed by atoms with Crippen LogP contribution in [-0.2, 0) is 0 Å². The van der Waals surface area contributed by atoms with E-state index in [0.29, 0.717) is 10.7 Å². The maximum absolute atomic E-state index is 14.1. The number of nitrogen functional groups attached to an aromatic ring is 1. The van der Waals surface area contributed by atoms with E-state index in [1.165, 1.54) is 12.3 Å². The van der Waals surface area contributed by atoms with E-state index in [2.05, 4.69) is 27.8 Å². The lowest BCUT2D eigenvalue weighted by molar-refractivity contribution is 0.476. The van der Waals surface area contributed by atoms with Crippen LogP contribution in [0.4, 0.5) is 14.5 Å². The van der Waals surface area contributed by atoms with Crippen molar-refractivity contribution in [1.82, 2.24) is 15.2 Å². The van der Waals surface area contributed by atoms with E-state index in [0.717, 1.165) is 11.6 Å². The fraction of sp³-hybridized carbons (Fsp3) is 0. The van der Waals surface area contributed by atoms with Crippen molar-refractivity contribution in [3.63, 3.8) is 0 Å². The lowest BCUT2D eigenvalue weighted by atomic mass is 10.0. The molecule has 0 aliphatic rings. The maximum Gasteiger partial charge on any atom is 0.158 e. The van der Waals surface area contributed by atoms with Gasteiger partial charge >= 0.3 is 0 Å². The number of nitrogens with one attached hydrogen (secondary N) is 1. The first-order valence-corrected chi connectivity index (χ1v) is 7.92. The lowest BCUT2D eigenvalue weighted by Gasteiger charge is -2.08. The molecule has 3 aromatic heterocycles. The number of hydrogen-bond donors (Lipinski definition) is 3. The third-order valence-corrected chi connectivity index (χ3v) is 3.76. The third kappa shape index (κ3) is 3.75. The molecule has 0 amide bonds. The number of anilines is 1. The minimum atomic E-state index is -0.801. The van der Waals surface area contributed by atoms with E-state index in [1.54, 1.807) is 42.9 Å². The number of pyridine rings is 1. The predicted octanol–water partition coefficient (Wildman–Crippen LogP) is 4.57. The average Bonchev–Trinajstić information content (AvgIpc) is 3.32. The fourth-order valence-electron chi connectivity index (χ4n) is 2.29. The Morgan fingerprint density at radius 2 is 1.85 bits per heavy atom. The molecule has 5 nitrogen and oxygen atoms in total.